The lowest BCUT2D eigenvalue weighted by Crippen LogP contribution is -2.46. The predicted octanol–water partition coefficient (Wildman–Crippen LogP) is 3.48. The number of piperidine rings is 1. The molecule has 0 atom stereocenters. The SMILES string of the molecule is CCNC(=NCCc1ccc(Br)s1)N1CCC(CC(=O)NC)CC1.I. The van der Waals surface area contributed by atoms with Crippen molar-refractivity contribution in [2.24, 2.45) is 10.9 Å². The van der Waals surface area contributed by atoms with Crippen molar-refractivity contribution >= 4 is 63.1 Å². The van der Waals surface area contributed by atoms with Crippen molar-refractivity contribution in [3.63, 3.8) is 0 Å². The Bertz CT molecular complexity index is 559. The van der Waals surface area contributed by atoms with E-state index in [-0.39, 0.29) is 29.9 Å². The molecular formula is C17H28BrIN4OS. The van der Waals surface area contributed by atoms with Crippen molar-refractivity contribution in [3.8, 4) is 0 Å². The molecule has 0 aromatic carbocycles. The molecule has 1 fully saturated rings. The van der Waals surface area contributed by atoms with Gasteiger partial charge in [-0.2, -0.15) is 0 Å². The Morgan fingerprint density at radius 3 is 2.68 bits per heavy atom. The summed E-state index contributed by atoms with van der Waals surface area (Å²) in [6.45, 7) is 5.72. The van der Waals surface area contributed by atoms with Crippen molar-refractivity contribution in [3.05, 3.63) is 20.8 Å². The Labute approximate surface area is 180 Å². The molecule has 1 aliphatic rings. The molecule has 1 aliphatic heterocycles. The number of aliphatic imine (C=N–C) groups is 1. The molecule has 25 heavy (non-hydrogen) atoms. The van der Waals surface area contributed by atoms with Gasteiger partial charge in [0, 0.05) is 50.9 Å². The van der Waals surface area contributed by atoms with E-state index >= 15 is 0 Å². The third kappa shape index (κ3) is 7.82. The van der Waals surface area contributed by atoms with Gasteiger partial charge in [-0.1, -0.05) is 0 Å². The fourth-order valence-corrected chi connectivity index (χ4v) is 4.37. The number of guanidine groups is 1. The van der Waals surface area contributed by atoms with Crippen molar-refractivity contribution in [1.29, 1.82) is 0 Å². The largest absolute Gasteiger partial charge is 0.359 e. The highest BCUT2D eigenvalue weighted by molar-refractivity contribution is 14.0. The number of carbonyl (C=O) groups is 1. The number of halogens is 2. The monoisotopic (exact) mass is 542 g/mol. The molecule has 142 valence electrons. The summed E-state index contributed by atoms with van der Waals surface area (Å²) in [6.07, 6.45) is 3.72. The Morgan fingerprint density at radius 2 is 2.12 bits per heavy atom. The van der Waals surface area contributed by atoms with Gasteiger partial charge in [-0.15, -0.1) is 35.3 Å². The van der Waals surface area contributed by atoms with Crippen LogP contribution in [-0.2, 0) is 11.2 Å². The highest BCUT2D eigenvalue weighted by atomic mass is 127. The Kier molecular flexibility index (Phi) is 11.0. The second-order valence-electron chi connectivity index (χ2n) is 6.00. The first kappa shape index (κ1) is 22.7. The molecule has 1 aromatic rings. The van der Waals surface area contributed by atoms with Crippen LogP contribution in [0.4, 0.5) is 0 Å². The van der Waals surface area contributed by atoms with Crippen molar-refractivity contribution in [2.45, 2.75) is 32.6 Å². The Balaban J connectivity index is 0.00000312. The predicted molar refractivity (Wildman–Crippen MR) is 120 cm³/mol. The molecule has 8 heteroatoms. The number of carbonyl (C=O) groups excluding carboxylic acids is 1. The molecule has 2 heterocycles. The first-order chi connectivity index (χ1) is 11.6. The molecule has 0 unspecified atom stereocenters. The average Bonchev–Trinajstić information content (AvgIpc) is 3.00. The van der Waals surface area contributed by atoms with E-state index in [4.69, 9.17) is 4.99 Å². The van der Waals surface area contributed by atoms with Gasteiger partial charge in [-0.05, 0) is 53.7 Å². The summed E-state index contributed by atoms with van der Waals surface area (Å²) < 4.78 is 1.17. The van der Waals surface area contributed by atoms with E-state index in [0.717, 1.165) is 51.4 Å². The molecule has 0 bridgehead atoms. The molecule has 1 aromatic heterocycles. The zero-order chi connectivity index (χ0) is 17.4. The minimum absolute atomic E-state index is 0. The topological polar surface area (TPSA) is 56.7 Å². The minimum atomic E-state index is 0. The molecule has 0 radical (unpaired) electrons. The number of amides is 1. The fourth-order valence-electron chi connectivity index (χ4n) is 2.90. The first-order valence-electron chi connectivity index (χ1n) is 8.60. The molecule has 1 saturated heterocycles. The Morgan fingerprint density at radius 1 is 1.40 bits per heavy atom. The molecule has 2 rings (SSSR count). The maximum atomic E-state index is 11.5. The smallest absolute Gasteiger partial charge is 0.220 e. The lowest BCUT2D eigenvalue weighted by Gasteiger charge is -2.34. The van der Waals surface area contributed by atoms with Gasteiger partial charge < -0.3 is 15.5 Å². The molecule has 0 saturated carbocycles. The number of thiophene rings is 1. The molecule has 1 amide bonds. The highest BCUT2D eigenvalue weighted by Crippen LogP contribution is 2.23. The van der Waals surface area contributed by atoms with Crippen molar-refractivity contribution < 1.29 is 4.79 Å². The summed E-state index contributed by atoms with van der Waals surface area (Å²) >= 11 is 5.27. The summed E-state index contributed by atoms with van der Waals surface area (Å²) in [5.74, 6) is 1.65. The van der Waals surface area contributed by atoms with Gasteiger partial charge in [0.1, 0.15) is 0 Å². The van der Waals surface area contributed by atoms with Gasteiger partial charge >= 0.3 is 0 Å². The normalized spacial score (nSPS) is 15.6. The van der Waals surface area contributed by atoms with Gasteiger partial charge in [0.15, 0.2) is 5.96 Å². The summed E-state index contributed by atoms with van der Waals surface area (Å²) in [7, 11) is 1.71. The fraction of sp³-hybridized carbons (Fsp3) is 0.647. The number of likely N-dealkylation sites (tertiary alicyclic amines) is 1. The second-order valence-corrected chi connectivity index (χ2v) is 8.55. The number of nitrogens with zero attached hydrogens (tertiary/aromatic N) is 2. The van der Waals surface area contributed by atoms with Crippen molar-refractivity contribution in [1.82, 2.24) is 15.5 Å². The maximum absolute atomic E-state index is 11.5. The molecule has 0 spiro atoms. The average molecular weight is 543 g/mol. The lowest BCUT2D eigenvalue weighted by molar-refractivity contribution is -0.121. The number of hydrogen-bond acceptors (Lipinski definition) is 3. The summed E-state index contributed by atoms with van der Waals surface area (Å²) in [5.41, 5.74) is 0. The lowest BCUT2D eigenvalue weighted by atomic mass is 9.93. The quantitative estimate of drug-likeness (QED) is 0.329. The van der Waals surface area contributed by atoms with Gasteiger partial charge in [0.05, 0.1) is 3.79 Å². The third-order valence-corrected chi connectivity index (χ3v) is 5.93. The van der Waals surface area contributed by atoms with Crippen LogP contribution < -0.4 is 10.6 Å². The van der Waals surface area contributed by atoms with E-state index in [0.29, 0.717) is 12.3 Å². The van der Waals surface area contributed by atoms with E-state index in [1.807, 2.05) is 0 Å². The van der Waals surface area contributed by atoms with E-state index in [9.17, 15) is 4.79 Å². The highest BCUT2D eigenvalue weighted by Gasteiger charge is 2.22. The summed E-state index contributed by atoms with van der Waals surface area (Å²) in [4.78, 5) is 20.0. The standard InChI is InChI=1S/C17H27BrN4OS.HI/c1-3-20-17(21-9-6-14-4-5-15(18)24-14)22-10-7-13(8-11-22)12-16(23)19-2;/h4-5,13H,3,6-12H2,1-2H3,(H,19,23)(H,20,21);1H. The van der Waals surface area contributed by atoms with E-state index < -0.39 is 0 Å². The van der Waals surface area contributed by atoms with Crippen LogP contribution >= 0.6 is 51.2 Å². The second kappa shape index (κ2) is 12.1. The van der Waals surface area contributed by atoms with Gasteiger partial charge in [0.25, 0.3) is 0 Å². The van der Waals surface area contributed by atoms with Crippen LogP contribution in [0.3, 0.4) is 0 Å². The van der Waals surface area contributed by atoms with Crippen LogP contribution in [-0.4, -0.2) is 50.0 Å². The molecule has 2 N–H and O–H groups in total. The third-order valence-electron chi connectivity index (χ3n) is 4.25. The number of nitrogens with one attached hydrogen (secondary N) is 2. The number of rotatable bonds is 6. The van der Waals surface area contributed by atoms with E-state index in [1.165, 1.54) is 8.66 Å². The summed E-state index contributed by atoms with van der Waals surface area (Å²) in [6, 6.07) is 4.24. The van der Waals surface area contributed by atoms with E-state index in [1.54, 1.807) is 18.4 Å². The molecular weight excluding hydrogens is 515 g/mol. The first-order valence-corrected chi connectivity index (χ1v) is 10.2. The van der Waals surface area contributed by atoms with Gasteiger partial charge in [-0.25, -0.2) is 0 Å². The van der Waals surface area contributed by atoms with E-state index in [2.05, 4.69) is 50.5 Å². The van der Waals surface area contributed by atoms with Crippen LogP contribution in [0.25, 0.3) is 0 Å². The van der Waals surface area contributed by atoms with Crippen molar-refractivity contribution in [2.75, 3.05) is 33.2 Å². The molecule has 0 aliphatic carbocycles. The molecule has 5 nitrogen and oxygen atoms in total. The zero-order valence-corrected chi connectivity index (χ0v) is 19.6. The van der Waals surface area contributed by atoms with Crippen LogP contribution in [0.15, 0.2) is 20.9 Å². The maximum Gasteiger partial charge on any atom is 0.220 e. The number of hydrogen-bond donors (Lipinski definition) is 2. The summed E-state index contributed by atoms with van der Waals surface area (Å²) in [5, 5.41) is 6.12. The van der Waals surface area contributed by atoms with Crippen LogP contribution in [0.2, 0.25) is 0 Å². The minimum Gasteiger partial charge on any atom is -0.359 e. The van der Waals surface area contributed by atoms with Crippen LogP contribution in [0.5, 0.6) is 0 Å². The zero-order valence-electron chi connectivity index (χ0n) is 14.9. The Hall–Kier alpha value is -0.350. The van der Waals surface area contributed by atoms with Crippen LogP contribution in [0, 0.1) is 5.92 Å². The van der Waals surface area contributed by atoms with Gasteiger partial charge in [0.2, 0.25) is 5.91 Å². The van der Waals surface area contributed by atoms with Crippen LogP contribution in [0.1, 0.15) is 31.1 Å². The van der Waals surface area contributed by atoms with Gasteiger partial charge in [-0.3, -0.25) is 9.79 Å².